The average Bonchev–Trinajstić information content (AvgIpc) is 2.35. The van der Waals surface area contributed by atoms with Gasteiger partial charge in [0.15, 0.2) is 0 Å². The Morgan fingerprint density at radius 3 is 2.29 bits per heavy atom. The fourth-order valence-corrected chi connectivity index (χ4v) is 2.07. The predicted molar refractivity (Wildman–Crippen MR) is 78.4 cm³/mol. The molecule has 1 unspecified atom stereocenters. The maximum Gasteiger partial charge on any atom is -0.0193 e. The molecule has 0 saturated heterocycles. The lowest BCUT2D eigenvalue weighted by Crippen LogP contribution is -2.01. The molecule has 0 heterocycles. The summed E-state index contributed by atoms with van der Waals surface area (Å²) in [5.41, 5.74) is 5.53. The van der Waals surface area contributed by atoms with Crippen LogP contribution in [0.25, 0.3) is 5.57 Å². The molecule has 94 valence electrons. The van der Waals surface area contributed by atoms with Gasteiger partial charge < -0.3 is 0 Å². The van der Waals surface area contributed by atoms with Crippen molar-refractivity contribution in [2.45, 2.75) is 53.4 Å². The Morgan fingerprint density at radius 1 is 1.18 bits per heavy atom. The van der Waals surface area contributed by atoms with Crippen LogP contribution >= 0.6 is 0 Å². The standard InChI is InChI=1S/C17H26/c1-7-13(5)14(6)17-11-16(12(3)4)10-9-15(17)8-2/h9-13H,6-8H2,1-5H3. The number of hydrogen-bond donors (Lipinski definition) is 0. The number of rotatable bonds is 5. The zero-order valence-electron chi connectivity index (χ0n) is 12.0. The van der Waals surface area contributed by atoms with Crippen LogP contribution in [-0.2, 0) is 6.42 Å². The molecule has 1 aromatic carbocycles. The molecule has 1 aromatic rings. The summed E-state index contributed by atoms with van der Waals surface area (Å²) in [6, 6.07) is 6.88. The van der Waals surface area contributed by atoms with Gasteiger partial charge >= 0.3 is 0 Å². The van der Waals surface area contributed by atoms with Crippen LogP contribution in [0.15, 0.2) is 24.8 Å². The van der Waals surface area contributed by atoms with E-state index in [1.54, 1.807) is 0 Å². The molecule has 0 amide bonds. The van der Waals surface area contributed by atoms with Crippen LogP contribution in [0.4, 0.5) is 0 Å². The second-order valence-electron chi connectivity index (χ2n) is 5.26. The van der Waals surface area contributed by atoms with Crippen LogP contribution in [0.5, 0.6) is 0 Å². The van der Waals surface area contributed by atoms with Gasteiger partial charge in [-0.2, -0.15) is 0 Å². The summed E-state index contributed by atoms with van der Waals surface area (Å²) < 4.78 is 0. The van der Waals surface area contributed by atoms with E-state index < -0.39 is 0 Å². The molecule has 0 bridgehead atoms. The Hall–Kier alpha value is -1.04. The summed E-state index contributed by atoms with van der Waals surface area (Å²) in [7, 11) is 0. The lowest BCUT2D eigenvalue weighted by atomic mass is 9.87. The highest BCUT2D eigenvalue weighted by atomic mass is 14.2. The van der Waals surface area contributed by atoms with Gasteiger partial charge in [-0.15, -0.1) is 0 Å². The van der Waals surface area contributed by atoms with Gasteiger partial charge in [-0.25, -0.2) is 0 Å². The maximum atomic E-state index is 4.30. The Kier molecular flexibility index (Phi) is 4.99. The van der Waals surface area contributed by atoms with Crippen molar-refractivity contribution in [2.75, 3.05) is 0 Å². The fourth-order valence-electron chi connectivity index (χ4n) is 2.07. The Bertz CT molecular complexity index is 385. The molecule has 0 saturated carbocycles. The minimum absolute atomic E-state index is 0.572. The highest BCUT2D eigenvalue weighted by molar-refractivity contribution is 5.68. The summed E-state index contributed by atoms with van der Waals surface area (Å²) in [5.74, 6) is 1.16. The summed E-state index contributed by atoms with van der Waals surface area (Å²) in [5, 5.41) is 0. The molecule has 1 rings (SSSR count). The van der Waals surface area contributed by atoms with Crippen LogP contribution in [0.2, 0.25) is 0 Å². The van der Waals surface area contributed by atoms with E-state index in [1.807, 2.05) is 0 Å². The van der Waals surface area contributed by atoms with Crippen molar-refractivity contribution in [3.8, 4) is 0 Å². The lowest BCUT2D eigenvalue weighted by molar-refractivity contribution is 0.717. The Balaban J connectivity index is 3.18. The molecule has 0 N–H and O–H groups in total. The van der Waals surface area contributed by atoms with Crippen LogP contribution < -0.4 is 0 Å². The third kappa shape index (κ3) is 3.21. The minimum atomic E-state index is 0.572. The van der Waals surface area contributed by atoms with Crippen molar-refractivity contribution in [1.29, 1.82) is 0 Å². The first-order valence-corrected chi connectivity index (χ1v) is 6.83. The van der Waals surface area contributed by atoms with Gasteiger partial charge in [0, 0.05) is 0 Å². The zero-order valence-corrected chi connectivity index (χ0v) is 12.0. The van der Waals surface area contributed by atoms with Gasteiger partial charge in [0.05, 0.1) is 0 Å². The molecule has 17 heavy (non-hydrogen) atoms. The van der Waals surface area contributed by atoms with Crippen LogP contribution in [0, 0.1) is 5.92 Å². The van der Waals surface area contributed by atoms with Crippen molar-refractivity contribution >= 4 is 5.57 Å². The second-order valence-corrected chi connectivity index (χ2v) is 5.26. The molecule has 0 aliphatic rings. The molecular weight excluding hydrogens is 204 g/mol. The maximum absolute atomic E-state index is 4.30. The van der Waals surface area contributed by atoms with Gasteiger partial charge in [-0.1, -0.05) is 59.4 Å². The van der Waals surface area contributed by atoms with E-state index in [1.165, 1.54) is 22.3 Å². The summed E-state index contributed by atoms with van der Waals surface area (Å²) >= 11 is 0. The van der Waals surface area contributed by atoms with E-state index in [0.29, 0.717) is 11.8 Å². The van der Waals surface area contributed by atoms with E-state index in [9.17, 15) is 0 Å². The van der Waals surface area contributed by atoms with Gasteiger partial charge in [-0.05, 0) is 46.9 Å². The molecular formula is C17H26. The first-order valence-electron chi connectivity index (χ1n) is 6.83. The van der Waals surface area contributed by atoms with E-state index in [0.717, 1.165) is 12.8 Å². The van der Waals surface area contributed by atoms with Crippen molar-refractivity contribution < 1.29 is 0 Å². The smallest absolute Gasteiger partial charge is 0.0193 e. The predicted octanol–water partition coefficient (Wildman–Crippen LogP) is 5.43. The van der Waals surface area contributed by atoms with Crippen LogP contribution in [0.3, 0.4) is 0 Å². The van der Waals surface area contributed by atoms with Crippen LogP contribution in [0.1, 0.15) is 63.6 Å². The van der Waals surface area contributed by atoms with Crippen molar-refractivity contribution in [3.63, 3.8) is 0 Å². The molecule has 1 atom stereocenters. The van der Waals surface area contributed by atoms with Crippen molar-refractivity contribution in [1.82, 2.24) is 0 Å². The Morgan fingerprint density at radius 2 is 1.82 bits per heavy atom. The normalized spacial score (nSPS) is 12.8. The van der Waals surface area contributed by atoms with E-state index in [4.69, 9.17) is 0 Å². The van der Waals surface area contributed by atoms with E-state index in [2.05, 4.69) is 59.4 Å². The molecule has 0 aliphatic carbocycles. The molecule has 0 aromatic heterocycles. The fraction of sp³-hybridized carbons (Fsp3) is 0.529. The molecule has 0 heteroatoms. The quantitative estimate of drug-likeness (QED) is 0.632. The van der Waals surface area contributed by atoms with Gasteiger partial charge in [-0.3, -0.25) is 0 Å². The van der Waals surface area contributed by atoms with Crippen molar-refractivity contribution in [3.05, 3.63) is 41.5 Å². The summed E-state index contributed by atoms with van der Waals surface area (Å²) in [6.07, 6.45) is 2.25. The third-order valence-electron chi connectivity index (χ3n) is 3.73. The zero-order chi connectivity index (χ0) is 13.0. The van der Waals surface area contributed by atoms with E-state index in [-0.39, 0.29) is 0 Å². The van der Waals surface area contributed by atoms with Crippen molar-refractivity contribution in [2.24, 2.45) is 5.92 Å². The first kappa shape index (κ1) is 14.0. The third-order valence-corrected chi connectivity index (χ3v) is 3.73. The average molecular weight is 230 g/mol. The highest BCUT2D eigenvalue weighted by Crippen LogP contribution is 2.29. The highest BCUT2D eigenvalue weighted by Gasteiger charge is 2.12. The first-order chi connectivity index (χ1) is 8.01. The molecule has 0 aliphatic heterocycles. The number of allylic oxidation sites excluding steroid dienone is 1. The van der Waals surface area contributed by atoms with Crippen LogP contribution in [-0.4, -0.2) is 0 Å². The Labute approximate surface area is 107 Å². The largest absolute Gasteiger partial charge is 0.0950 e. The van der Waals surface area contributed by atoms with Gasteiger partial charge in [0.1, 0.15) is 0 Å². The number of aryl methyl sites for hydroxylation is 1. The van der Waals surface area contributed by atoms with E-state index >= 15 is 0 Å². The molecule has 0 radical (unpaired) electrons. The topological polar surface area (TPSA) is 0 Å². The summed E-state index contributed by atoms with van der Waals surface area (Å²) in [6.45, 7) is 15.5. The molecule has 0 fully saturated rings. The second kappa shape index (κ2) is 6.05. The number of benzene rings is 1. The van der Waals surface area contributed by atoms with Gasteiger partial charge in [0.2, 0.25) is 0 Å². The summed E-state index contributed by atoms with van der Waals surface area (Å²) in [4.78, 5) is 0. The molecule has 0 nitrogen and oxygen atoms in total. The SMILES string of the molecule is C=C(c1cc(C(C)C)ccc1CC)C(C)CC. The van der Waals surface area contributed by atoms with Gasteiger partial charge in [0.25, 0.3) is 0 Å². The monoisotopic (exact) mass is 230 g/mol. The lowest BCUT2D eigenvalue weighted by Gasteiger charge is -2.18. The number of hydrogen-bond acceptors (Lipinski definition) is 0. The minimum Gasteiger partial charge on any atom is -0.0950 e. The molecule has 0 spiro atoms.